The molecule has 6 heteroatoms. The van der Waals surface area contributed by atoms with Crippen LogP contribution >= 0.6 is 11.6 Å². The number of methoxy groups -OCH3 is 1. The minimum atomic E-state index is -0.402. The fourth-order valence-corrected chi connectivity index (χ4v) is 3.62. The van der Waals surface area contributed by atoms with Crippen molar-refractivity contribution in [1.29, 1.82) is 0 Å². The maximum atomic E-state index is 11.1. The van der Waals surface area contributed by atoms with Gasteiger partial charge in [0.2, 0.25) is 0 Å². The van der Waals surface area contributed by atoms with E-state index in [0.717, 1.165) is 23.3 Å². The molecule has 0 spiro atoms. The number of hydrogen-bond donors (Lipinski definition) is 0. The molecule has 2 aliphatic heterocycles. The molecule has 1 saturated heterocycles. The van der Waals surface area contributed by atoms with Crippen LogP contribution in [0.5, 0.6) is 5.75 Å². The second-order valence-corrected chi connectivity index (χ2v) is 6.05. The van der Waals surface area contributed by atoms with E-state index in [1.165, 1.54) is 7.11 Å². The van der Waals surface area contributed by atoms with E-state index in [1.54, 1.807) is 0 Å². The van der Waals surface area contributed by atoms with Crippen LogP contribution in [0, 0.1) is 0 Å². The molecule has 1 aliphatic carbocycles. The average Bonchev–Trinajstić information content (AvgIpc) is 2.97. The highest BCUT2D eigenvalue weighted by Gasteiger charge is 2.60. The maximum Gasteiger partial charge on any atom is 0.331 e. The second kappa shape index (κ2) is 4.87. The van der Waals surface area contributed by atoms with Crippen LogP contribution in [0.25, 0.3) is 0 Å². The van der Waals surface area contributed by atoms with Gasteiger partial charge in [0.15, 0.2) is 0 Å². The number of carbonyl (C=O) groups excluding carboxylic acids is 1. The molecule has 2 fully saturated rings. The molecule has 4 rings (SSSR count). The van der Waals surface area contributed by atoms with Gasteiger partial charge in [0.05, 0.1) is 31.8 Å². The summed E-state index contributed by atoms with van der Waals surface area (Å²) in [6.07, 6.45) is 1.75. The third kappa shape index (κ3) is 2.20. The van der Waals surface area contributed by atoms with Gasteiger partial charge in [0.25, 0.3) is 0 Å². The van der Waals surface area contributed by atoms with Crippen LogP contribution in [-0.2, 0) is 25.6 Å². The Hall–Kier alpha value is -1.30. The number of fused-ring (bicyclic) bond motifs is 5. The summed E-state index contributed by atoms with van der Waals surface area (Å²) in [6, 6.07) is 3.78. The van der Waals surface area contributed by atoms with E-state index in [9.17, 15) is 4.79 Å². The molecule has 2 heterocycles. The molecule has 0 bridgehead atoms. The largest absolute Gasteiger partial charge is 0.489 e. The Morgan fingerprint density at radius 2 is 2.29 bits per heavy atom. The van der Waals surface area contributed by atoms with E-state index < -0.39 is 5.97 Å². The van der Waals surface area contributed by atoms with Crippen molar-refractivity contribution in [2.75, 3.05) is 13.7 Å². The number of ether oxygens (including phenoxy) is 4. The second-order valence-electron chi connectivity index (χ2n) is 5.61. The van der Waals surface area contributed by atoms with Crippen molar-refractivity contribution >= 4 is 17.6 Å². The number of rotatable bonds is 4. The van der Waals surface area contributed by atoms with E-state index in [0.29, 0.717) is 11.1 Å². The first-order valence-electron chi connectivity index (χ1n) is 6.96. The van der Waals surface area contributed by atoms with Gasteiger partial charge >= 0.3 is 5.97 Å². The zero-order valence-electron chi connectivity index (χ0n) is 11.5. The standard InChI is InChI=1S/C15H15ClO5/c1-18-12(17)6-19-5-7-2-8(16)3-9-13-10(20-14(7)9)4-11-15(13)21-11/h2-3,10-11,13,15H,4-6H2,1H3/t10?,11-,13?,15-/m1/s1. The Kier molecular flexibility index (Phi) is 3.10. The maximum absolute atomic E-state index is 11.1. The van der Waals surface area contributed by atoms with Crippen LogP contribution in [0.4, 0.5) is 0 Å². The molecular weight excluding hydrogens is 296 g/mol. The first-order chi connectivity index (χ1) is 10.2. The third-order valence-electron chi connectivity index (χ3n) is 4.33. The summed E-state index contributed by atoms with van der Waals surface area (Å²) in [4.78, 5) is 11.1. The van der Waals surface area contributed by atoms with E-state index in [1.807, 2.05) is 12.1 Å². The number of epoxide rings is 1. The molecule has 0 amide bonds. The van der Waals surface area contributed by atoms with Gasteiger partial charge in [0.1, 0.15) is 18.5 Å². The Bertz CT molecular complexity index is 602. The van der Waals surface area contributed by atoms with Crippen molar-refractivity contribution in [3.8, 4) is 5.75 Å². The summed E-state index contributed by atoms with van der Waals surface area (Å²) >= 11 is 6.21. The van der Waals surface area contributed by atoms with Gasteiger partial charge in [0, 0.05) is 22.6 Å². The van der Waals surface area contributed by atoms with Crippen LogP contribution in [0.15, 0.2) is 12.1 Å². The summed E-state index contributed by atoms with van der Waals surface area (Å²) in [7, 11) is 1.33. The highest BCUT2D eigenvalue weighted by atomic mass is 35.5. The van der Waals surface area contributed by atoms with Gasteiger partial charge in [-0.15, -0.1) is 0 Å². The summed E-state index contributed by atoms with van der Waals surface area (Å²) in [5, 5.41) is 0.652. The monoisotopic (exact) mass is 310 g/mol. The topological polar surface area (TPSA) is 57.3 Å². The Morgan fingerprint density at radius 3 is 3.10 bits per heavy atom. The summed E-state index contributed by atoms with van der Waals surface area (Å²) in [5.41, 5.74) is 1.97. The fourth-order valence-electron chi connectivity index (χ4n) is 3.37. The number of hydrogen-bond acceptors (Lipinski definition) is 5. The Morgan fingerprint density at radius 1 is 1.43 bits per heavy atom. The van der Waals surface area contributed by atoms with Gasteiger partial charge in [-0.1, -0.05) is 11.6 Å². The zero-order valence-corrected chi connectivity index (χ0v) is 12.3. The SMILES string of the molecule is COC(=O)COCc1cc(Cl)cc2c1OC1C[C@H]3O[C@H]3C21. The number of esters is 1. The van der Waals surface area contributed by atoms with Gasteiger partial charge in [-0.25, -0.2) is 4.79 Å². The molecular formula is C15H15ClO5. The highest BCUT2D eigenvalue weighted by molar-refractivity contribution is 6.30. The quantitative estimate of drug-likeness (QED) is 0.629. The summed E-state index contributed by atoms with van der Waals surface area (Å²) in [5.74, 6) is 0.719. The lowest BCUT2D eigenvalue weighted by molar-refractivity contribution is -0.146. The minimum absolute atomic E-state index is 0.0849. The first-order valence-corrected chi connectivity index (χ1v) is 7.34. The predicted octanol–water partition coefficient (Wildman–Crippen LogP) is 2.05. The third-order valence-corrected chi connectivity index (χ3v) is 4.55. The number of carbonyl (C=O) groups is 1. The average molecular weight is 311 g/mol. The lowest BCUT2D eigenvalue weighted by atomic mass is 9.95. The van der Waals surface area contributed by atoms with E-state index in [-0.39, 0.29) is 31.3 Å². The zero-order chi connectivity index (χ0) is 14.6. The molecule has 4 atom stereocenters. The van der Waals surface area contributed by atoms with Crippen molar-refractivity contribution in [3.63, 3.8) is 0 Å². The van der Waals surface area contributed by atoms with Gasteiger partial charge in [-0.05, 0) is 12.1 Å². The predicted molar refractivity (Wildman–Crippen MR) is 73.6 cm³/mol. The van der Waals surface area contributed by atoms with Gasteiger partial charge in [-0.2, -0.15) is 0 Å². The summed E-state index contributed by atoms with van der Waals surface area (Å²) < 4.78 is 21.6. The molecule has 0 radical (unpaired) electrons. The van der Waals surface area contributed by atoms with Crippen LogP contribution in [-0.4, -0.2) is 38.0 Å². The highest BCUT2D eigenvalue weighted by Crippen LogP contribution is 2.56. The van der Waals surface area contributed by atoms with E-state index in [4.69, 9.17) is 25.8 Å². The van der Waals surface area contributed by atoms with Gasteiger partial charge < -0.3 is 18.9 Å². The lowest BCUT2D eigenvalue weighted by Crippen LogP contribution is -2.17. The van der Waals surface area contributed by atoms with Crippen molar-refractivity contribution in [2.24, 2.45) is 0 Å². The molecule has 1 saturated carbocycles. The first kappa shape index (κ1) is 13.4. The van der Waals surface area contributed by atoms with Crippen molar-refractivity contribution in [3.05, 3.63) is 28.3 Å². The fraction of sp³-hybridized carbons (Fsp3) is 0.533. The Labute approximate surface area is 127 Å². The van der Waals surface area contributed by atoms with Crippen LogP contribution in [0.2, 0.25) is 5.02 Å². The summed E-state index contributed by atoms with van der Waals surface area (Å²) in [6.45, 7) is 0.185. The number of benzene rings is 1. The minimum Gasteiger partial charge on any atom is -0.489 e. The van der Waals surface area contributed by atoms with Crippen LogP contribution in [0.1, 0.15) is 23.5 Å². The van der Waals surface area contributed by atoms with Gasteiger partial charge in [-0.3, -0.25) is 0 Å². The van der Waals surface area contributed by atoms with Crippen molar-refractivity contribution in [2.45, 2.75) is 37.3 Å². The van der Waals surface area contributed by atoms with Crippen molar-refractivity contribution < 1.29 is 23.7 Å². The van der Waals surface area contributed by atoms with Crippen LogP contribution in [0.3, 0.4) is 0 Å². The molecule has 112 valence electrons. The normalized spacial score (nSPS) is 31.1. The number of halogens is 1. The van der Waals surface area contributed by atoms with E-state index in [2.05, 4.69) is 4.74 Å². The molecule has 21 heavy (non-hydrogen) atoms. The molecule has 3 aliphatic rings. The van der Waals surface area contributed by atoms with E-state index >= 15 is 0 Å². The van der Waals surface area contributed by atoms with Crippen molar-refractivity contribution in [1.82, 2.24) is 0 Å². The molecule has 1 aromatic carbocycles. The Balaban J connectivity index is 1.55. The smallest absolute Gasteiger partial charge is 0.331 e. The molecule has 0 N–H and O–H groups in total. The molecule has 2 unspecified atom stereocenters. The lowest BCUT2D eigenvalue weighted by Gasteiger charge is -2.12. The molecule has 0 aromatic heterocycles. The molecule has 1 aromatic rings. The van der Waals surface area contributed by atoms with Crippen LogP contribution < -0.4 is 4.74 Å². The molecule has 5 nitrogen and oxygen atoms in total.